The molecule has 1 atom stereocenters. The first kappa shape index (κ1) is 21.3. The smallest absolute Gasteiger partial charge is 0.320 e. The van der Waals surface area contributed by atoms with Crippen molar-refractivity contribution >= 4 is 23.4 Å². The molecule has 0 aliphatic carbocycles. The maximum atomic E-state index is 14.6. The molecular formula is C21H22ClF3N6O. The Morgan fingerprint density at radius 1 is 1.19 bits per heavy atom. The Kier molecular flexibility index (Phi) is 5.16. The van der Waals surface area contributed by atoms with Gasteiger partial charge in [0.05, 0.1) is 30.4 Å². The van der Waals surface area contributed by atoms with Crippen molar-refractivity contribution in [3.63, 3.8) is 0 Å². The molecule has 4 heterocycles. The predicted octanol–water partition coefficient (Wildman–Crippen LogP) is 3.72. The van der Waals surface area contributed by atoms with Crippen molar-refractivity contribution in [3.8, 4) is 0 Å². The summed E-state index contributed by atoms with van der Waals surface area (Å²) in [7, 11) is 0. The minimum absolute atomic E-state index is 0.00185. The Morgan fingerprint density at radius 3 is 2.56 bits per heavy atom. The lowest BCUT2D eigenvalue weighted by Crippen LogP contribution is -2.72. The van der Waals surface area contributed by atoms with Gasteiger partial charge in [0, 0.05) is 42.7 Å². The molecule has 5 rings (SSSR count). The first-order valence-electron chi connectivity index (χ1n) is 10.4. The van der Waals surface area contributed by atoms with Gasteiger partial charge in [-0.1, -0.05) is 18.2 Å². The first-order chi connectivity index (χ1) is 15.3. The quantitative estimate of drug-likeness (QED) is 0.672. The molecule has 1 aromatic carbocycles. The largest absolute Gasteiger partial charge is 0.363 e. The van der Waals surface area contributed by atoms with Crippen LogP contribution in [0.4, 0.5) is 23.8 Å². The van der Waals surface area contributed by atoms with E-state index in [-0.39, 0.29) is 22.3 Å². The summed E-state index contributed by atoms with van der Waals surface area (Å²) in [6.07, 6.45) is -2.91. The van der Waals surface area contributed by atoms with Gasteiger partial charge in [-0.3, -0.25) is 0 Å². The number of anilines is 1. The highest BCUT2D eigenvalue weighted by Gasteiger charge is 2.50. The second-order valence-electron chi connectivity index (χ2n) is 8.78. The van der Waals surface area contributed by atoms with Crippen molar-refractivity contribution in [2.75, 3.05) is 31.5 Å². The number of nitrogens with one attached hydrogen (secondary N) is 2. The van der Waals surface area contributed by atoms with E-state index in [9.17, 15) is 18.0 Å². The molecule has 3 aliphatic rings. The molecule has 2 saturated heterocycles. The normalized spacial score (nSPS) is 19.6. The van der Waals surface area contributed by atoms with Gasteiger partial charge in [0.15, 0.2) is 0 Å². The van der Waals surface area contributed by atoms with Gasteiger partial charge in [0.2, 0.25) is 5.28 Å². The molecule has 3 aliphatic heterocycles. The summed E-state index contributed by atoms with van der Waals surface area (Å²) in [5.74, 6) is -0.582. The maximum absolute atomic E-state index is 14.6. The van der Waals surface area contributed by atoms with Crippen LogP contribution >= 0.6 is 11.6 Å². The SMILES string of the molecule is C[C@@H](Nc1nc(Cl)nc2c1CN(C(=O)N1CC3(CNC3)C1)C2)c1cccc(C(F)F)c1F. The minimum Gasteiger partial charge on any atom is -0.363 e. The molecule has 0 saturated carbocycles. The zero-order chi connectivity index (χ0) is 22.6. The molecule has 32 heavy (non-hydrogen) atoms. The second-order valence-corrected chi connectivity index (χ2v) is 9.12. The number of halogens is 4. The number of likely N-dealkylation sites (tertiary alicyclic amines) is 1. The second kappa shape index (κ2) is 7.77. The molecule has 7 nitrogen and oxygen atoms in total. The summed E-state index contributed by atoms with van der Waals surface area (Å²) in [4.78, 5) is 24.9. The minimum atomic E-state index is -2.91. The topological polar surface area (TPSA) is 73.4 Å². The number of hydrogen-bond acceptors (Lipinski definition) is 5. The average molecular weight is 467 g/mol. The molecule has 0 unspecified atom stereocenters. The van der Waals surface area contributed by atoms with E-state index in [1.165, 1.54) is 12.1 Å². The van der Waals surface area contributed by atoms with Crippen LogP contribution in [0.15, 0.2) is 18.2 Å². The van der Waals surface area contributed by atoms with E-state index in [1.54, 1.807) is 11.8 Å². The molecule has 170 valence electrons. The predicted molar refractivity (Wildman–Crippen MR) is 112 cm³/mol. The van der Waals surface area contributed by atoms with Crippen LogP contribution in [-0.2, 0) is 13.1 Å². The Balaban J connectivity index is 1.33. The number of urea groups is 1. The third-order valence-corrected chi connectivity index (χ3v) is 6.63. The van der Waals surface area contributed by atoms with Crippen molar-refractivity contribution < 1.29 is 18.0 Å². The van der Waals surface area contributed by atoms with Crippen LogP contribution in [0.25, 0.3) is 0 Å². The van der Waals surface area contributed by atoms with E-state index in [1.807, 2.05) is 4.90 Å². The number of carbonyl (C=O) groups excluding carboxylic acids is 1. The van der Waals surface area contributed by atoms with E-state index in [2.05, 4.69) is 20.6 Å². The Hall–Kier alpha value is -2.59. The molecule has 2 aromatic rings. The zero-order valence-corrected chi connectivity index (χ0v) is 18.1. The van der Waals surface area contributed by atoms with Crippen LogP contribution in [0, 0.1) is 11.2 Å². The number of benzene rings is 1. The van der Waals surface area contributed by atoms with Crippen molar-refractivity contribution in [2.24, 2.45) is 5.41 Å². The lowest BCUT2D eigenvalue weighted by Gasteiger charge is -2.56. The fourth-order valence-corrected chi connectivity index (χ4v) is 4.82. The summed E-state index contributed by atoms with van der Waals surface area (Å²) in [5.41, 5.74) is 0.991. The van der Waals surface area contributed by atoms with Crippen molar-refractivity contribution in [1.29, 1.82) is 0 Å². The number of rotatable bonds is 4. The van der Waals surface area contributed by atoms with Crippen LogP contribution in [0.2, 0.25) is 5.28 Å². The van der Waals surface area contributed by atoms with Gasteiger partial charge < -0.3 is 20.4 Å². The van der Waals surface area contributed by atoms with Crippen LogP contribution in [0.3, 0.4) is 0 Å². The average Bonchev–Trinajstić information content (AvgIpc) is 3.09. The number of fused-ring (bicyclic) bond motifs is 1. The Labute approximate surface area is 188 Å². The van der Waals surface area contributed by atoms with E-state index < -0.39 is 23.8 Å². The molecule has 0 radical (unpaired) electrons. The van der Waals surface area contributed by atoms with Crippen molar-refractivity contribution in [2.45, 2.75) is 32.5 Å². The third-order valence-electron chi connectivity index (χ3n) is 6.46. The summed E-state index contributed by atoms with van der Waals surface area (Å²) < 4.78 is 40.7. The number of alkyl halides is 2. The summed E-state index contributed by atoms with van der Waals surface area (Å²) in [6, 6.07) is 3.19. The van der Waals surface area contributed by atoms with Gasteiger partial charge in [-0.15, -0.1) is 0 Å². The van der Waals surface area contributed by atoms with Crippen LogP contribution in [0.1, 0.15) is 41.8 Å². The highest BCUT2D eigenvalue weighted by Crippen LogP contribution is 2.37. The van der Waals surface area contributed by atoms with Gasteiger partial charge in [-0.2, -0.15) is 0 Å². The number of nitrogens with zero attached hydrogens (tertiary/aromatic N) is 4. The lowest BCUT2D eigenvalue weighted by molar-refractivity contribution is -0.0214. The maximum Gasteiger partial charge on any atom is 0.320 e. The van der Waals surface area contributed by atoms with Gasteiger partial charge in [-0.05, 0) is 18.5 Å². The third kappa shape index (κ3) is 3.55. The number of carbonyl (C=O) groups is 1. The molecule has 2 N–H and O–H groups in total. The fourth-order valence-electron chi connectivity index (χ4n) is 4.63. The molecule has 2 amide bonds. The van der Waals surface area contributed by atoms with Gasteiger partial charge in [0.1, 0.15) is 11.6 Å². The molecule has 1 aromatic heterocycles. The molecular weight excluding hydrogens is 445 g/mol. The van der Waals surface area contributed by atoms with E-state index in [0.29, 0.717) is 30.2 Å². The zero-order valence-electron chi connectivity index (χ0n) is 17.3. The molecule has 2 fully saturated rings. The van der Waals surface area contributed by atoms with Crippen LogP contribution < -0.4 is 10.6 Å². The lowest BCUT2D eigenvalue weighted by atomic mass is 9.75. The monoisotopic (exact) mass is 466 g/mol. The molecule has 11 heteroatoms. The van der Waals surface area contributed by atoms with E-state index in [4.69, 9.17) is 11.6 Å². The Morgan fingerprint density at radius 2 is 1.91 bits per heavy atom. The van der Waals surface area contributed by atoms with Gasteiger partial charge in [0.25, 0.3) is 6.43 Å². The van der Waals surface area contributed by atoms with Crippen molar-refractivity contribution in [3.05, 3.63) is 51.7 Å². The van der Waals surface area contributed by atoms with Gasteiger partial charge in [-0.25, -0.2) is 27.9 Å². The highest BCUT2D eigenvalue weighted by atomic mass is 35.5. The summed E-state index contributed by atoms with van der Waals surface area (Å²) >= 11 is 6.09. The fraction of sp³-hybridized carbons (Fsp3) is 0.476. The van der Waals surface area contributed by atoms with Gasteiger partial charge >= 0.3 is 6.03 Å². The first-order valence-corrected chi connectivity index (χ1v) is 10.8. The Bertz CT molecular complexity index is 1070. The summed E-state index contributed by atoms with van der Waals surface area (Å²) in [5, 5.41) is 6.32. The van der Waals surface area contributed by atoms with Crippen LogP contribution in [0.5, 0.6) is 0 Å². The highest BCUT2D eigenvalue weighted by molar-refractivity contribution is 6.28. The van der Waals surface area contributed by atoms with Crippen LogP contribution in [-0.4, -0.2) is 52.0 Å². The van der Waals surface area contributed by atoms with E-state index >= 15 is 0 Å². The molecule has 1 spiro atoms. The summed E-state index contributed by atoms with van der Waals surface area (Å²) in [6.45, 7) is 5.60. The number of amides is 2. The standard InChI is InChI=1S/C21H22ClF3N6O/c1-11(12-3-2-4-13(16(12)23)17(24)25)27-18-14-5-30(6-15(14)28-19(22)29-18)20(32)31-9-21(10-31)7-26-8-21/h2-4,11,17,26H,5-10H2,1H3,(H,27,28,29)/t11-/m1/s1. The molecule has 0 bridgehead atoms. The number of aromatic nitrogens is 2. The van der Waals surface area contributed by atoms with Crippen molar-refractivity contribution in [1.82, 2.24) is 25.1 Å². The van der Waals surface area contributed by atoms with E-state index in [0.717, 1.165) is 32.2 Å². The number of hydrogen-bond donors (Lipinski definition) is 2.